The molecule has 2 rings (SSSR count). The van der Waals surface area contributed by atoms with Gasteiger partial charge in [-0.2, -0.15) is 0 Å². The lowest BCUT2D eigenvalue weighted by molar-refractivity contribution is 0.0685. The summed E-state index contributed by atoms with van der Waals surface area (Å²) in [5, 5.41) is 18.7. The molecule has 0 unspecified atom stereocenters. The van der Waals surface area contributed by atoms with Crippen LogP contribution in [0.15, 0.2) is 12.1 Å². The zero-order valence-electron chi connectivity index (χ0n) is 14.9. The normalized spacial score (nSPS) is 10.8. The van der Waals surface area contributed by atoms with Crippen molar-refractivity contribution in [1.82, 2.24) is 0 Å². The van der Waals surface area contributed by atoms with Gasteiger partial charge in [0.1, 0.15) is 0 Å². The van der Waals surface area contributed by atoms with Crippen molar-refractivity contribution in [2.45, 2.75) is 41.5 Å². The standard InChI is InChI=1S/C20H22O4/c1-9-7-15(19(21)22)8-10(2)16(9)17-11(3)13(5)18(20(23)24)14(6)12(17)4/h7-8H,1-6H3,(H,21,22)(H,23,24). The molecule has 4 nitrogen and oxygen atoms in total. The van der Waals surface area contributed by atoms with Crippen LogP contribution in [0.4, 0.5) is 0 Å². The van der Waals surface area contributed by atoms with Crippen molar-refractivity contribution in [3.8, 4) is 11.1 Å². The first-order chi connectivity index (χ1) is 11.1. The first-order valence-corrected chi connectivity index (χ1v) is 7.76. The third-order valence-electron chi connectivity index (χ3n) is 4.87. The van der Waals surface area contributed by atoms with E-state index in [9.17, 15) is 19.8 Å². The SMILES string of the molecule is Cc1cc(C(=O)O)cc(C)c1-c1c(C)c(C)c(C(=O)O)c(C)c1C. The van der Waals surface area contributed by atoms with Gasteiger partial charge in [-0.15, -0.1) is 0 Å². The highest BCUT2D eigenvalue weighted by atomic mass is 16.4. The summed E-state index contributed by atoms with van der Waals surface area (Å²) in [5.41, 5.74) is 7.70. The van der Waals surface area contributed by atoms with E-state index < -0.39 is 11.9 Å². The smallest absolute Gasteiger partial charge is 0.336 e. The molecule has 4 heteroatoms. The van der Waals surface area contributed by atoms with Crippen LogP contribution in [0.5, 0.6) is 0 Å². The molecule has 0 aliphatic rings. The molecular formula is C20H22O4. The Hall–Kier alpha value is -2.62. The van der Waals surface area contributed by atoms with Crippen molar-refractivity contribution in [3.05, 3.63) is 56.6 Å². The highest BCUT2D eigenvalue weighted by molar-refractivity contribution is 5.95. The van der Waals surface area contributed by atoms with Gasteiger partial charge in [0.15, 0.2) is 0 Å². The summed E-state index contributed by atoms with van der Waals surface area (Å²) in [4.78, 5) is 22.8. The number of aryl methyl sites for hydroxylation is 2. The van der Waals surface area contributed by atoms with Crippen molar-refractivity contribution in [2.75, 3.05) is 0 Å². The van der Waals surface area contributed by atoms with Crippen molar-refractivity contribution in [1.29, 1.82) is 0 Å². The quantitative estimate of drug-likeness (QED) is 0.864. The molecule has 0 fully saturated rings. The van der Waals surface area contributed by atoms with Gasteiger partial charge in [-0.3, -0.25) is 0 Å². The highest BCUT2D eigenvalue weighted by Gasteiger charge is 2.22. The molecule has 126 valence electrons. The number of rotatable bonds is 3. The lowest BCUT2D eigenvalue weighted by atomic mass is 9.82. The van der Waals surface area contributed by atoms with E-state index in [0.717, 1.165) is 44.5 Å². The highest BCUT2D eigenvalue weighted by Crippen LogP contribution is 2.38. The summed E-state index contributed by atoms with van der Waals surface area (Å²) in [6.07, 6.45) is 0. The lowest BCUT2D eigenvalue weighted by Crippen LogP contribution is -2.09. The van der Waals surface area contributed by atoms with E-state index in [1.165, 1.54) is 0 Å². The van der Waals surface area contributed by atoms with Crippen LogP contribution in [0.3, 0.4) is 0 Å². The second-order valence-corrected chi connectivity index (χ2v) is 6.35. The van der Waals surface area contributed by atoms with Crippen LogP contribution >= 0.6 is 0 Å². The Labute approximate surface area is 141 Å². The van der Waals surface area contributed by atoms with Crippen LogP contribution < -0.4 is 0 Å². The van der Waals surface area contributed by atoms with E-state index >= 15 is 0 Å². The Morgan fingerprint density at radius 3 is 1.42 bits per heavy atom. The minimum atomic E-state index is -0.949. The molecule has 24 heavy (non-hydrogen) atoms. The number of aromatic carboxylic acids is 2. The minimum Gasteiger partial charge on any atom is -0.478 e. The number of carboxylic acids is 2. The Kier molecular flexibility index (Phi) is 4.52. The van der Waals surface area contributed by atoms with Crippen LogP contribution in [0.1, 0.15) is 54.1 Å². The predicted octanol–water partition coefficient (Wildman–Crippen LogP) is 4.60. The average Bonchev–Trinajstić information content (AvgIpc) is 2.47. The van der Waals surface area contributed by atoms with Crippen molar-refractivity contribution < 1.29 is 19.8 Å². The van der Waals surface area contributed by atoms with Crippen LogP contribution in [-0.4, -0.2) is 22.2 Å². The fourth-order valence-corrected chi connectivity index (χ4v) is 3.49. The molecular weight excluding hydrogens is 304 g/mol. The summed E-state index contributed by atoms with van der Waals surface area (Å²) in [6, 6.07) is 3.33. The first kappa shape index (κ1) is 17.7. The summed E-state index contributed by atoms with van der Waals surface area (Å²) < 4.78 is 0. The van der Waals surface area contributed by atoms with Crippen molar-refractivity contribution in [3.63, 3.8) is 0 Å². The molecule has 0 aromatic heterocycles. The van der Waals surface area contributed by atoms with E-state index in [1.54, 1.807) is 12.1 Å². The largest absolute Gasteiger partial charge is 0.478 e. The van der Waals surface area contributed by atoms with E-state index in [0.29, 0.717) is 5.56 Å². The van der Waals surface area contributed by atoms with E-state index in [4.69, 9.17) is 0 Å². The molecule has 0 heterocycles. The Morgan fingerprint density at radius 2 is 1.08 bits per heavy atom. The first-order valence-electron chi connectivity index (χ1n) is 7.76. The van der Waals surface area contributed by atoms with Gasteiger partial charge in [-0.25, -0.2) is 9.59 Å². The number of carbonyl (C=O) groups is 2. The molecule has 0 atom stereocenters. The lowest BCUT2D eigenvalue weighted by Gasteiger charge is -2.22. The van der Waals surface area contributed by atoms with Gasteiger partial charge < -0.3 is 10.2 Å². The van der Waals surface area contributed by atoms with Crippen LogP contribution in [0, 0.1) is 41.5 Å². The molecule has 0 saturated carbocycles. The molecule has 0 spiro atoms. The molecule has 0 amide bonds. The summed E-state index contributed by atoms with van der Waals surface area (Å²) in [6.45, 7) is 11.3. The monoisotopic (exact) mass is 326 g/mol. The fraction of sp³-hybridized carbons (Fsp3) is 0.300. The molecule has 0 radical (unpaired) electrons. The van der Waals surface area contributed by atoms with Gasteiger partial charge in [0, 0.05) is 0 Å². The molecule has 2 aromatic rings. The van der Waals surface area contributed by atoms with Crippen molar-refractivity contribution >= 4 is 11.9 Å². The van der Waals surface area contributed by atoms with Crippen LogP contribution in [-0.2, 0) is 0 Å². The maximum Gasteiger partial charge on any atom is 0.336 e. The fourth-order valence-electron chi connectivity index (χ4n) is 3.49. The predicted molar refractivity (Wildman–Crippen MR) is 94.2 cm³/mol. The van der Waals surface area contributed by atoms with Crippen LogP contribution in [0.25, 0.3) is 11.1 Å². The average molecular weight is 326 g/mol. The number of hydrogen-bond acceptors (Lipinski definition) is 2. The van der Waals surface area contributed by atoms with Crippen LogP contribution in [0.2, 0.25) is 0 Å². The Morgan fingerprint density at radius 1 is 0.667 bits per heavy atom. The molecule has 0 saturated heterocycles. The maximum atomic E-state index is 11.6. The van der Waals surface area contributed by atoms with E-state index in [2.05, 4.69) is 0 Å². The minimum absolute atomic E-state index is 0.264. The molecule has 0 aliphatic heterocycles. The third kappa shape index (κ3) is 2.68. The topological polar surface area (TPSA) is 74.6 Å². The maximum absolute atomic E-state index is 11.6. The molecule has 0 bridgehead atoms. The summed E-state index contributed by atoms with van der Waals surface area (Å²) >= 11 is 0. The number of benzene rings is 2. The van der Waals surface area contributed by atoms with Gasteiger partial charge in [0.05, 0.1) is 11.1 Å². The molecule has 2 N–H and O–H groups in total. The van der Waals surface area contributed by atoms with E-state index in [-0.39, 0.29) is 5.56 Å². The van der Waals surface area contributed by atoms with E-state index in [1.807, 2.05) is 41.5 Å². The number of hydrogen-bond donors (Lipinski definition) is 2. The summed E-state index contributed by atoms with van der Waals surface area (Å²) in [7, 11) is 0. The zero-order chi connectivity index (χ0) is 18.3. The second kappa shape index (κ2) is 6.11. The molecule has 2 aromatic carbocycles. The number of carboxylic acid groups (broad SMARTS) is 2. The van der Waals surface area contributed by atoms with Crippen molar-refractivity contribution in [2.24, 2.45) is 0 Å². The van der Waals surface area contributed by atoms with Gasteiger partial charge in [0.2, 0.25) is 0 Å². The van der Waals surface area contributed by atoms with Gasteiger partial charge >= 0.3 is 11.9 Å². The third-order valence-corrected chi connectivity index (χ3v) is 4.87. The van der Waals surface area contributed by atoms with Gasteiger partial charge in [0.25, 0.3) is 0 Å². The summed E-state index contributed by atoms with van der Waals surface area (Å²) in [5.74, 6) is -1.87. The Bertz CT molecular complexity index is 824. The zero-order valence-corrected chi connectivity index (χ0v) is 14.9. The van der Waals surface area contributed by atoms with Gasteiger partial charge in [-0.1, -0.05) is 0 Å². The van der Waals surface area contributed by atoms with Gasteiger partial charge in [-0.05, 0) is 98.2 Å². The Balaban J connectivity index is 2.89. The second-order valence-electron chi connectivity index (χ2n) is 6.35. The molecule has 0 aliphatic carbocycles.